The average Bonchev–Trinajstić information content (AvgIpc) is 2.53. The Kier molecular flexibility index (Phi) is 4.80. The SMILES string of the molecule is CCc1ccc(N(C)C(=O)c2cccc(CCl)c2)cc1. The maximum atomic E-state index is 12.5. The van der Waals surface area contributed by atoms with Gasteiger partial charge in [-0.05, 0) is 41.8 Å². The van der Waals surface area contributed by atoms with Crippen molar-refractivity contribution in [1.82, 2.24) is 0 Å². The predicted molar refractivity (Wildman–Crippen MR) is 84.6 cm³/mol. The Hall–Kier alpha value is -1.80. The molecule has 3 heteroatoms. The summed E-state index contributed by atoms with van der Waals surface area (Å²) in [5.41, 5.74) is 3.76. The molecule has 1 amide bonds. The molecule has 104 valence electrons. The Morgan fingerprint density at radius 1 is 1.10 bits per heavy atom. The first-order chi connectivity index (χ1) is 9.65. The summed E-state index contributed by atoms with van der Waals surface area (Å²) in [5.74, 6) is 0.386. The maximum Gasteiger partial charge on any atom is 0.258 e. The Morgan fingerprint density at radius 3 is 2.40 bits per heavy atom. The summed E-state index contributed by atoms with van der Waals surface area (Å²) in [6.07, 6.45) is 0.996. The van der Waals surface area contributed by atoms with Crippen LogP contribution in [0.3, 0.4) is 0 Å². The van der Waals surface area contributed by atoms with Gasteiger partial charge in [0.25, 0.3) is 5.91 Å². The number of carbonyl (C=O) groups excluding carboxylic acids is 1. The summed E-state index contributed by atoms with van der Waals surface area (Å²) in [6, 6.07) is 15.5. The molecule has 2 nitrogen and oxygen atoms in total. The second-order valence-electron chi connectivity index (χ2n) is 4.72. The van der Waals surface area contributed by atoms with Crippen LogP contribution in [0.2, 0.25) is 0 Å². The molecule has 2 aromatic carbocycles. The standard InChI is InChI=1S/C17H18ClNO/c1-3-13-7-9-16(10-8-13)19(2)17(20)15-6-4-5-14(11-15)12-18/h4-11H,3,12H2,1-2H3. The van der Waals surface area contributed by atoms with E-state index in [0.29, 0.717) is 11.4 Å². The summed E-state index contributed by atoms with van der Waals surface area (Å²) in [7, 11) is 1.79. The van der Waals surface area contributed by atoms with Crippen molar-refractivity contribution in [2.45, 2.75) is 19.2 Å². The van der Waals surface area contributed by atoms with Gasteiger partial charge in [0.15, 0.2) is 0 Å². The summed E-state index contributed by atoms with van der Waals surface area (Å²) in [6.45, 7) is 2.11. The third-order valence-corrected chi connectivity index (χ3v) is 3.67. The zero-order valence-corrected chi connectivity index (χ0v) is 12.5. The highest BCUT2D eigenvalue weighted by molar-refractivity contribution is 6.17. The predicted octanol–water partition coefficient (Wildman–Crippen LogP) is 4.26. The Morgan fingerprint density at radius 2 is 1.80 bits per heavy atom. The van der Waals surface area contributed by atoms with Crippen LogP contribution < -0.4 is 4.90 Å². The normalized spacial score (nSPS) is 10.3. The van der Waals surface area contributed by atoms with Crippen molar-refractivity contribution in [2.75, 3.05) is 11.9 Å². The van der Waals surface area contributed by atoms with Crippen molar-refractivity contribution in [2.24, 2.45) is 0 Å². The molecule has 0 atom stereocenters. The molecule has 2 rings (SSSR count). The van der Waals surface area contributed by atoms with Crippen molar-refractivity contribution in [3.63, 3.8) is 0 Å². The van der Waals surface area contributed by atoms with Gasteiger partial charge in [0.2, 0.25) is 0 Å². The highest BCUT2D eigenvalue weighted by Crippen LogP contribution is 2.18. The van der Waals surface area contributed by atoms with Crippen LogP contribution in [0.5, 0.6) is 0 Å². The molecule has 0 aliphatic carbocycles. The molecule has 0 radical (unpaired) electrons. The fourth-order valence-corrected chi connectivity index (χ4v) is 2.22. The third-order valence-electron chi connectivity index (χ3n) is 3.36. The lowest BCUT2D eigenvalue weighted by Gasteiger charge is -2.18. The molecule has 0 aliphatic heterocycles. The van der Waals surface area contributed by atoms with Gasteiger partial charge in [0, 0.05) is 24.2 Å². The minimum Gasteiger partial charge on any atom is -0.311 e. The van der Waals surface area contributed by atoms with Gasteiger partial charge >= 0.3 is 0 Å². The van der Waals surface area contributed by atoms with Crippen molar-refractivity contribution in [1.29, 1.82) is 0 Å². The van der Waals surface area contributed by atoms with E-state index in [4.69, 9.17) is 11.6 Å². The minimum absolute atomic E-state index is 0.0267. The van der Waals surface area contributed by atoms with Gasteiger partial charge < -0.3 is 4.90 Å². The number of halogens is 1. The van der Waals surface area contributed by atoms with E-state index in [0.717, 1.165) is 17.7 Å². The van der Waals surface area contributed by atoms with Gasteiger partial charge in [-0.1, -0.05) is 31.2 Å². The molecule has 0 N–H and O–H groups in total. The van der Waals surface area contributed by atoms with Crippen molar-refractivity contribution in [3.8, 4) is 0 Å². The lowest BCUT2D eigenvalue weighted by Crippen LogP contribution is -2.26. The summed E-state index contributed by atoms with van der Waals surface area (Å²) in [5, 5.41) is 0. The zero-order valence-electron chi connectivity index (χ0n) is 11.8. The number of nitrogens with zero attached hydrogens (tertiary/aromatic N) is 1. The van der Waals surface area contributed by atoms with Crippen LogP contribution in [0.15, 0.2) is 48.5 Å². The molecule has 0 aromatic heterocycles. The first kappa shape index (κ1) is 14.6. The summed E-state index contributed by atoms with van der Waals surface area (Å²) < 4.78 is 0. The molecular weight excluding hydrogens is 270 g/mol. The molecule has 0 bridgehead atoms. The van der Waals surface area contributed by atoms with E-state index < -0.39 is 0 Å². The maximum absolute atomic E-state index is 12.5. The molecule has 2 aromatic rings. The first-order valence-corrected chi connectivity index (χ1v) is 7.21. The topological polar surface area (TPSA) is 20.3 Å². The molecule has 0 spiro atoms. The van der Waals surface area contributed by atoms with Crippen molar-refractivity contribution in [3.05, 3.63) is 65.2 Å². The van der Waals surface area contributed by atoms with Gasteiger partial charge in [0.1, 0.15) is 0 Å². The lowest BCUT2D eigenvalue weighted by molar-refractivity contribution is 0.0993. The van der Waals surface area contributed by atoms with Gasteiger partial charge in [-0.3, -0.25) is 4.79 Å². The van der Waals surface area contributed by atoms with Gasteiger partial charge in [-0.2, -0.15) is 0 Å². The molecule has 0 saturated heterocycles. The number of carbonyl (C=O) groups is 1. The number of hydrogen-bond donors (Lipinski definition) is 0. The number of hydrogen-bond acceptors (Lipinski definition) is 1. The Bertz CT molecular complexity index is 592. The molecule has 0 saturated carbocycles. The number of alkyl halides is 1. The fourth-order valence-electron chi connectivity index (χ4n) is 2.05. The Labute approximate surface area is 125 Å². The van der Waals surface area contributed by atoms with E-state index in [-0.39, 0.29) is 5.91 Å². The molecule has 0 fully saturated rings. The smallest absolute Gasteiger partial charge is 0.258 e. The summed E-state index contributed by atoms with van der Waals surface area (Å²) >= 11 is 5.81. The number of benzene rings is 2. The van der Waals surface area contributed by atoms with Crippen LogP contribution in [0.25, 0.3) is 0 Å². The summed E-state index contributed by atoms with van der Waals surface area (Å²) in [4.78, 5) is 14.1. The van der Waals surface area contributed by atoms with Gasteiger partial charge in [-0.15, -0.1) is 11.6 Å². The van der Waals surface area contributed by atoms with Crippen LogP contribution in [-0.2, 0) is 12.3 Å². The van der Waals surface area contributed by atoms with Crippen molar-refractivity contribution >= 4 is 23.2 Å². The monoisotopic (exact) mass is 287 g/mol. The van der Waals surface area contributed by atoms with Gasteiger partial charge in [0.05, 0.1) is 0 Å². The number of aryl methyl sites for hydroxylation is 1. The van der Waals surface area contributed by atoms with E-state index >= 15 is 0 Å². The first-order valence-electron chi connectivity index (χ1n) is 6.67. The van der Waals surface area contributed by atoms with Crippen LogP contribution in [0, 0.1) is 0 Å². The molecule has 0 heterocycles. The largest absolute Gasteiger partial charge is 0.311 e. The minimum atomic E-state index is -0.0267. The zero-order chi connectivity index (χ0) is 14.5. The highest BCUT2D eigenvalue weighted by atomic mass is 35.5. The lowest BCUT2D eigenvalue weighted by atomic mass is 10.1. The van der Waals surface area contributed by atoms with Crippen LogP contribution in [0.1, 0.15) is 28.4 Å². The quantitative estimate of drug-likeness (QED) is 0.769. The second-order valence-corrected chi connectivity index (χ2v) is 4.99. The number of rotatable bonds is 4. The highest BCUT2D eigenvalue weighted by Gasteiger charge is 2.13. The molecule has 0 unspecified atom stereocenters. The number of amides is 1. The van der Waals surface area contributed by atoms with Gasteiger partial charge in [-0.25, -0.2) is 0 Å². The average molecular weight is 288 g/mol. The third kappa shape index (κ3) is 3.20. The van der Waals surface area contributed by atoms with E-state index in [1.807, 2.05) is 48.5 Å². The van der Waals surface area contributed by atoms with Crippen LogP contribution in [0.4, 0.5) is 5.69 Å². The number of anilines is 1. The van der Waals surface area contributed by atoms with E-state index in [9.17, 15) is 4.79 Å². The van der Waals surface area contributed by atoms with E-state index in [2.05, 4.69) is 6.92 Å². The fraction of sp³-hybridized carbons (Fsp3) is 0.235. The Balaban J connectivity index is 2.22. The van der Waals surface area contributed by atoms with Crippen LogP contribution >= 0.6 is 11.6 Å². The van der Waals surface area contributed by atoms with Crippen molar-refractivity contribution < 1.29 is 4.79 Å². The molecule has 0 aliphatic rings. The van der Waals surface area contributed by atoms with Crippen LogP contribution in [-0.4, -0.2) is 13.0 Å². The van der Waals surface area contributed by atoms with E-state index in [1.54, 1.807) is 11.9 Å². The molecular formula is C17H18ClNO. The second kappa shape index (κ2) is 6.58. The molecule has 20 heavy (non-hydrogen) atoms. The van der Waals surface area contributed by atoms with E-state index in [1.165, 1.54) is 5.56 Å².